The van der Waals surface area contributed by atoms with Crippen LogP contribution in [-0.2, 0) is 4.79 Å². The molecule has 1 aliphatic heterocycles. The number of carbonyl (C=O) groups excluding carboxylic acids is 1. The fraction of sp³-hybridized carbons (Fsp3) is 0.250. The summed E-state index contributed by atoms with van der Waals surface area (Å²) in [5, 5.41) is 0.906. The Hall–Kier alpha value is -3.16. The van der Waals surface area contributed by atoms with E-state index < -0.39 is 0 Å². The second-order valence-electron chi connectivity index (χ2n) is 5.81. The molecule has 1 saturated heterocycles. The Balaban J connectivity index is 1.91. The number of nitrogens with two attached hydrogens (primary N) is 2. The lowest BCUT2D eigenvalue weighted by atomic mass is 10.1. The Bertz CT molecular complexity index is 920. The molecule has 0 spiro atoms. The lowest BCUT2D eigenvalue weighted by Gasteiger charge is -2.25. The van der Waals surface area contributed by atoms with Crippen molar-refractivity contribution in [3.63, 3.8) is 0 Å². The van der Waals surface area contributed by atoms with Gasteiger partial charge in [0.2, 0.25) is 11.9 Å². The van der Waals surface area contributed by atoms with Gasteiger partial charge in [-0.15, -0.1) is 0 Å². The molecule has 4 heterocycles. The molecule has 1 unspecified atom stereocenters. The number of pyridine rings is 1. The third kappa shape index (κ3) is 2.23. The van der Waals surface area contributed by atoms with Crippen LogP contribution in [0.15, 0.2) is 30.7 Å². The van der Waals surface area contributed by atoms with Crippen molar-refractivity contribution in [3.05, 3.63) is 30.7 Å². The molecule has 0 bridgehead atoms. The molecule has 1 fully saturated rings. The maximum absolute atomic E-state index is 11.8. The van der Waals surface area contributed by atoms with Crippen LogP contribution >= 0.6 is 0 Å². The van der Waals surface area contributed by atoms with Gasteiger partial charge in [-0.25, -0.2) is 15.0 Å². The molecule has 5 N–H and O–H groups in total. The zero-order chi connectivity index (χ0) is 16.7. The molecule has 0 radical (unpaired) electrons. The molecule has 4 rings (SSSR count). The van der Waals surface area contributed by atoms with Crippen LogP contribution < -0.4 is 16.4 Å². The number of aromatic nitrogens is 4. The van der Waals surface area contributed by atoms with Crippen molar-refractivity contribution >= 4 is 28.6 Å². The molecule has 122 valence electrons. The van der Waals surface area contributed by atoms with Crippen LogP contribution in [0.2, 0.25) is 0 Å². The number of nitrogens with zero attached hydrogens (tertiary/aromatic N) is 4. The lowest BCUT2D eigenvalue weighted by Crippen LogP contribution is -2.40. The molecule has 1 aliphatic rings. The highest BCUT2D eigenvalue weighted by atomic mass is 16.1. The van der Waals surface area contributed by atoms with E-state index in [1.165, 1.54) is 0 Å². The second kappa shape index (κ2) is 5.48. The summed E-state index contributed by atoms with van der Waals surface area (Å²) in [6.45, 7) is 0.781. The Morgan fingerprint density at radius 1 is 1.29 bits per heavy atom. The van der Waals surface area contributed by atoms with Gasteiger partial charge in [0.05, 0.1) is 16.8 Å². The third-order valence-electron chi connectivity index (χ3n) is 4.39. The van der Waals surface area contributed by atoms with Crippen LogP contribution in [0.3, 0.4) is 0 Å². The second-order valence-corrected chi connectivity index (χ2v) is 5.81. The summed E-state index contributed by atoms with van der Waals surface area (Å²) in [5.74, 6) is -0.0932. The highest BCUT2D eigenvalue weighted by molar-refractivity contribution is 6.03. The topological polar surface area (TPSA) is 127 Å². The minimum Gasteiger partial charge on any atom is -0.368 e. The standard InChI is InChI=1S/C16H17N7O/c17-14(24)12-2-1-7-23(12)11-4-6-19-15-13(11)9(8-21-15)10-3-5-20-16(18)22-10/h3-6,8,12H,1-2,7H2,(H2,17,24)(H,19,21)(H2,18,20,22). The van der Waals surface area contributed by atoms with Crippen molar-refractivity contribution in [1.29, 1.82) is 0 Å². The van der Waals surface area contributed by atoms with Crippen molar-refractivity contribution in [1.82, 2.24) is 19.9 Å². The first-order valence-electron chi connectivity index (χ1n) is 7.76. The van der Waals surface area contributed by atoms with Crippen molar-refractivity contribution in [3.8, 4) is 11.3 Å². The summed E-state index contributed by atoms with van der Waals surface area (Å²) in [6.07, 6.45) is 6.88. The van der Waals surface area contributed by atoms with Gasteiger partial charge in [0.25, 0.3) is 0 Å². The number of hydrogen-bond donors (Lipinski definition) is 3. The molecule has 24 heavy (non-hydrogen) atoms. The number of nitrogen functional groups attached to an aromatic ring is 1. The van der Waals surface area contributed by atoms with Gasteiger partial charge < -0.3 is 21.4 Å². The first kappa shape index (κ1) is 14.4. The molecule has 1 atom stereocenters. The van der Waals surface area contributed by atoms with Crippen LogP contribution in [0.4, 0.5) is 11.6 Å². The van der Waals surface area contributed by atoms with E-state index in [-0.39, 0.29) is 17.9 Å². The maximum atomic E-state index is 11.8. The Morgan fingerprint density at radius 3 is 2.92 bits per heavy atom. The van der Waals surface area contributed by atoms with E-state index in [0.29, 0.717) is 5.69 Å². The van der Waals surface area contributed by atoms with Gasteiger partial charge in [-0.05, 0) is 25.0 Å². The van der Waals surface area contributed by atoms with Crippen molar-refractivity contribution < 1.29 is 4.79 Å². The fourth-order valence-electron chi connectivity index (χ4n) is 3.36. The maximum Gasteiger partial charge on any atom is 0.240 e. The number of primary amides is 1. The molecule has 3 aromatic heterocycles. The van der Waals surface area contributed by atoms with Gasteiger partial charge in [-0.2, -0.15) is 0 Å². The van der Waals surface area contributed by atoms with E-state index in [9.17, 15) is 4.79 Å². The fourth-order valence-corrected chi connectivity index (χ4v) is 3.36. The molecule has 0 aromatic carbocycles. The third-order valence-corrected chi connectivity index (χ3v) is 4.39. The number of anilines is 2. The zero-order valence-electron chi connectivity index (χ0n) is 12.9. The van der Waals surface area contributed by atoms with Crippen LogP contribution in [-0.4, -0.2) is 38.4 Å². The summed E-state index contributed by atoms with van der Waals surface area (Å²) in [5.41, 5.74) is 14.5. The Labute approximate surface area is 137 Å². The van der Waals surface area contributed by atoms with Gasteiger partial charge in [0.15, 0.2) is 0 Å². The van der Waals surface area contributed by atoms with Gasteiger partial charge in [0, 0.05) is 30.7 Å². The van der Waals surface area contributed by atoms with Gasteiger partial charge in [-0.3, -0.25) is 4.79 Å². The van der Waals surface area contributed by atoms with E-state index in [2.05, 4.69) is 19.9 Å². The average molecular weight is 323 g/mol. The van der Waals surface area contributed by atoms with Crippen molar-refractivity contribution in [2.75, 3.05) is 17.2 Å². The van der Waals surface area contributed by atoms with E-state index in [1.807, 2.05) is 17.2 Å². The summed E-state index contributed by atoms with van der Waals surface area (Å²) < 4.78 is 0. The van der Waals surface area contributed by atoms with Crippen LogP contribution in [0.25, 0.3) is 22.3 Å². The number of fused-ring (bicyclic) bond motifs is 1. The minimum atomic E-state index is -0.305. The quantitative estimate of drug-likeness (QED) is 0.661. The first-order chi connectivity index (χ1) is 11.6. The van der Waals surface area contributed by atoms with Gasteiger partial charge in [0.1, 0.15) is 11.7 Å². The van der Waals surface area contributed by atoms with Crippen LogP contribution in [0, 0.1) is 0 Å². The Kier molecular flexibility index (Phi) is 3.30. The van der Waals surface area contributed by atoms with E-state index in [1.54, 1.807) is 18.5 Å². The predicted octanol–water partition coefficient (Wildman–Crippen LogP) is 1.06. The monoisotopic (exact) mass is 323 g/mol. The van der Waals surface area contributed by atoms with Crippen LogP contribution in [0.1, 0.15) is 12.8 Å². The first-order valence-corrected chi connectivity index (χ1v) is 7.76. The van der Waals surface area contributed by atoms with E-state index in [0.717, 1.165) is 41.7 Å². The molecule has 0 saturated carbocycles. The number of aromatic amines is 1. The van der Waals surface area contributed by atoms with Crippen LogP contribution in [0.5, 0.6) is 0 Å². The highest BCUT2D eigenvalue weighted by Gasteiger charge is 2.31. The zero-order valence-corrected chi connectivity index (χ0v) is 12.9. The normalized spacial score (nSPS) is 17.5. The summed E-state index contributed by atoms with van der Waals surface area (Å²) in [6, 6.07) is 3.41. The SMILES string of the molecule is NC(=O)C1CCCN1c1ccnc2[nH]cc(-c3ccnc(N)n3)c12. The molecular weight excluding hydrogens is 306 g/mol. The van der Waals surface area contributed by atoms with E-state index >= 15 is 0 Å². The summed E-state index contributed by atoms with van der Waals surface area (Å²) in [7, 11) is 0. The predicted molar refractivity (Wildman–Crippen MR) is 91.1 cm³/mol. The minimum absolute atomic E-state index is 0.212. The average Bonchev–Trinajstić information content (AvgIpc) is 3.21. The molecule has 8 nitrogen and oxygen atoms in total. The molecular formula is C16H17N7O. The molecule has 8 heteroatoms. The number of hydrogen-bond acceptors (Lipinski definition) is 6. The smallest absolute Gasteiger partial charge is 0.240 e. The van der Waals surface area contributed by atoms with Gasteiger partial charge in [-0.1, -0.05) is 0 Å². The summed E-state index contributed by atoms with van der Waals surface area (Å²) >= 11 is 0. The molecule has 0 aliphatic carbocycles. The largest absolute Gasteiger partial charge is 0.368 e. The highest BCUT2D eigenvalue weighted by Crippen LogP contribution is 2.37. The Morgan fingerprint density at radius 2 is 2.12 bits per heavy atom. The number of carbonyl (C=O) groups is 1. The van der Waals surface area contributed by atoms with E-state index in [4.69, 9.17) is 11.5 Å². The van der Waals surface area contributed by atoms with Crippen molar-refractivity contribution in [2.45, 2.75) is 18.9 Å². The molecule has 3 aromatic rings. The lowest BCUT2D eigenvalue weighted by molar-refractivity contribution is -0.119. The van der Waals surface area contributed by atoms with Crippen molar-refractivity contribution in [2.24, 2.45) is 5.73 Å². The number of H-pyrrole nitrogens is 1. The number of nitrogens with one attached hydrogen (secondary N) is 1. The molecule has 1 amide bonds. The summed E-state index contributed by atoms with van der Waals surface area (Å²) in [4.78, 5) is 29.6. The number of amides is 1. The number of rotatable bonds is 3. The van der Waals surface area contributed by atoms with Gasteiger partial charge >= 0.3 is 0 Å².